The summed E-state index contributed by atoms with van der Waals surface area (Å²) in [6.07, 6.45) is -2.60. The molecule has 4 rings (SSSR count). The maximum Gasteiger partial charge on any atom is 0.416 e. The number of hydrogen-bond donors (Lipinski definition) is 1. The number of methoxy groups -OCH3 is 1. The fourth-order valence-electron chi connectivity index (χ4n) is 3.13. The van der Waals surface area contributed by atoms with E-state index < -0.39 is 17.0 Å². The third-order valence-electron chi connectivity index (χ3n) is 5.13. The first-order valence-corrected chi connectivity index (χ1v) is 11.5. The van der Waals surface area contributed by atoms with Crippen molar-refractivity contribution in [2.24, 2.45) is 0 Å². The highest BCUT2D eigenvalue weighted by Crippen LogP contribution is 2.33. The van der Waals surface area contributed by atoms with Gasteiger partial charge < -0.3 is 14.8 Å². The average Bonchev–Trinajstić information content (AvgIpc) is 3.55. The largest absolute Gasteiger partial charge is 0.497 e. The van der Waals surface area contributed by atoms with Crippen LogP contribution in [0.1, 0.15) is 31.2 Å². The van der Waals surface area contributed by atoms with E-state index in [1.807, 2.05) is 0 Å². The Kier molecular flexibility index (Phi) is 7.01. The Hall–Kier alpha value is -3.21. The lowest BCUT2D eigenvalue weighted by atomic mass is 10.2. The van der Waals surface area contributed by atoms with E-state index >= 15 is 0 Å². The van der Waals surface area contributed by atoms with E-state index in [2.05, 4.69) is 15.5 Å². The number of carbonyl (C=O) groups excluding carboxylic acids is 1. The molecule has 1 heterocycles. The topological polar surface area (TPSA) is 78.3 Å². The van der Waals surface area contributed by atoms with Gasteiger partial charge in [-0.25, -0.2) is 0 Å². The minimum absolute atomic E-state index is 0.0429. The monoisotopic (exact) mass is 492 g/mol. The van der Waals surface area contributed by atoms with Crippen molar-refractivity contribution >= 4 is 17.7 Å². The predicted octanol–water partition coefficient (Wildman–Crippen LogP) is 4.63. The summed E-state index contributed by atoms with van der Waals surface area (Å²) in [5.74, 6) is 1.34. The molecule has 7 nitrogen and oxygen atoms in total. The Bertz CT molecular complexity index is 1150. The molecule has 11 heteroatoms. The Morgan fingerprint density at radius 2 is 1.88 bits per heavy atom. The number of thioether (sulfide) groups is 1. The summed E-state index contributed by atoms with van der Waals surface area (Å²) in [5.41, 5.74) is -0.568. The zero-order valence-corrected chi connectivity index (χ0v) is 19.3. The van der Waals surface area contributed by atoms with Crippen LogP contribution in [0, 0.1) is 0 Å². The SMILES string of the molecule is COc1ccc(OCc2nnc(SC(C)C(=O)NC3CC3)n2-c2cccc(C(F)(F)F)c2)cc1. The molecule has 1 atom stereocenters. The second kappa shape index (κ2) is 9.96. The molecule has 1 amide bonds. The van der Waals surface area contributed by atoms with Gasteiger partial charge in [-0.15, -0.1) is 10.2 Å². The first kappa shape index (κ1) is 23.9. The van der Waals surface area contributed by atoms with E-state index in [9.17, 15) is 18.0 Å². The molecule has 1 N–H and O–H groups in total. The van der Waals surface area contributed by atoms with Crippen LogP contribution >= 0.6 is 11.8 Å². The van der Waals surface area contributed by atoms with E-state index in [-0.39, 0.29) is 24.2 Å². The van der Waals surface area contributed by atoms with Crippen LogP contribution < -0.4 is 14.8 Å². The third-order valence-corrected chi connectivity index (χ3v) is 6.18. The van der Waals surface area contributed by atoms with Crippen LogP contribution in [0.2, 0.25) is 0 Å². The lowest BCUT2D eigenvalue weighted by Crippen LogP contribution is -2.32. The number of alkyl halides is 3. The molecular weight excluding hydrogens is 469 g/mol. The van der Waals surface area contributed by atoms with E-state index in [4.69, 9.17) is 9.47 Å². The van der Waals surface area contributed by atoms with Gasteiger partial charge in [-0.1, -0.05) is 17.8 Å². The van der Waals surface area contributed by atoms with Gasteiger partial charge in [0.1, 0.15) is 18.1 Å². The van der Waals surface area contributed by atoms with Crippen LogP contribution in [0.5, 0.6) is 11.5 Å². The summed E-state index contributed by atoms with van der Waals surface area (Å²) in [5, 5.41) is 11.0. The molecule has 3 aromatic rings. The molecule has 0 aliphatic heterocycles. The number of aromatic nitrogens is 3. The number of ether oxygens (including phenoxy) is 2. The number of amides is 1. The molecule has 2 aromatic carbocycles. The number of carbonyl (C=O) groups is 1. The number of nitrogens with zero attached hydrogens (tertiary/aromatic N) is 3. The first-order valence-electron chi connectivity index (χ1n) is 10.6. The van der Waals surface area contributed by atoms with Crippen molar-refractivity contribution < 1.29 is 27.4 Å². The Morgan fingerprint density at radius 1 is 1.18 bits per heavy atom. The van der Waals surface area contributed by atoms with Crippen molar-refractivity contribution in [1.82, 2.24) is 20.1 Å². The minimum atomic E-state index is -4.51. The van der Waals surface area contributed by atoms with E-state index in [0.29, 0.717) is 22.5 Å². The van der Waals surface area contributed by atoms with E-state index in [1.54, 1.807) is 38.3 Å². The number of benzene rings is 2. The molecule has 1 aromatic heterocycles. The van der Waals surface area contributed by atoms with Crippen LogP contribution in [0.25, 0.3) is 5.69 Å². The van der Waals surface area contributed by atoms with Gasteiger partial charge in [-0.05, 0) is 62.2 Å². The Labute approximate surface area is 198 Å². The molecule has 1 aliphatic rings. The smallest absolute Gasteiger partial charge is 0.416 e. The van der Waals surface area contributed by atoms with Gasteiger partial charge in [0.25, 0.3) is 0 Å². The van der Waals surface area contributed by atoms with Gasteiger partial charge in [0.15, 0.2) is 11.0 Å². The van der Waals surface area contributed by atoms with Crippen LogP contribution in [0.3, 0.4) is 0 Å². The van der Waals surface area contributed by atoms with E-state index in [1.165, 1.54) is 16.7 Å². The zero-order chi connectivity index (χ0) is 24.3. The summed E-state index contributed by atoms with van der Waals surface area (Å²) in [6.45, 7) is 1.68. The normalized spacial score (nSPS) is 14.5. The summed E-state index contributed by atoms with van der Waals surface area (Å²) >= 11 is 1.13. The molecule has 0 radical (unpaired) electrons. The van der Waals surface area contributed by atoms with Crippen molar-refractivity contribution in [2.45, 2.75) is 49.0 Å². The van der Waals surface area contributed by atoms with Crippen LogP contribution in [0.4, 0.5) is 13.2 Å². The van der Waals surface area contributed by atoms with Crippen molar-refractivity contribution in [1.29, 1.82) is 0 Å². The zero-order valence-electron chi connectivity index (χ0n) is 18.5. The van der Waals surface area contributed by atoms with Gasteiger partial charge in [0.05, 0.1) is 23.6 Å². The number of halogens is 3. The van der Waals surface area contributed by atoms with Gasteiger partial charge in [-0.2, -0.15) is 13.2 Å². The average molecular weight is 493 g/mol. The molecule has 0 bridgehead atoms. The van der Waals surface area contributed by atoms with Crippen molar-refractivity contribution in [2.75, 3.05) is 7.11 Å². The Morgan fingerprint density at radius 3 is 2.53 bits per heavy atom. The maximum atomic E-state index is 13.4. The van der Waals surface area contributed by atoms with Crippen LogP contribution in [0.15, 0.2) is 53.7 Å². The molecule has 0 saturated heterocycles. The van der Waals surface area contributed by atoms with Gasteiger partial charge in [0.2, 0.25) is 5.91 Å². The second-order valence-electron chi connectivity index (χ2n) is 7.79. The van der Waals surface area contributed by atoms with E-state index in [0.717, 1.165) is 36.7 Å². The fraction of sp³-hybridized carbons (Fsp3) is 0.348. The number of nitrogens with one attached hydrogen (secondary N) is 1. The summed E-state index contributed by atoms with van der Waals surface area (Å²) in [4.78, 5) is 12.4. The molecule has 1 saturated carbocycles. The van der Waals surface area contributed by atoms with Crippen LogP contribution in [-0.4, -0.2) is 39.1 Å². The predicted molar refractivity (Wildman–Crippen MR) is 120 cm³/mol. The lowest BCUT2D eigenvalue weighted by Gasteiger charge is -2.15. The summed E-state index contributed by atoms with van der Waals surface area (Å²) in [7, 11) is 1.55. The molecule has 1 unspecified atom stereocenters. The molecule has 1 aliphatic carbocycles. The number of hydrogen-bond acceptors (Lipinski definition) is 6. The van der Waals surface area contributed by atoms with Crippen molar-refractivity contribution in [3.8, 4) is 17.2 Å². The maximum absolute atomic E-state index is 13.4. The lowest BCUT2D eigenvalue weighted by molar-refractivity contribution is -0.137. The summed E-state index contributed by atoms with van der Waals surface area (Å²) in [6, 6.07) is 12.0. The van der Waals surface area contributed by atoms with Crippen LogP contribution in [-0.2, 0) is 17.6 Å². The molecule has 180 valence electrons. The molecule has 1 fully saturated rings. The highest BCUT2D eigenvalue weighted by Gasteiger charge is 2.31. The third kappa shape index (κ3) is 5.82. The van der Waals surface area contributed by atoms with Crippen molar-refractivity contribution in [3.63, 3.8) is 0 Å². The quantitative estimate of drug-likeness (QED) is 0.439. The van der Waals surface area contributed by atoms with Gasteiger partial charge in [-0.3, -0.25) is 9.36 Å². The first-order chi connectivity index (χ1) is 16.2. The highest BCUT2D eigenvalue weighted by atomic mass is 32.2. The van der Waals surface area contributed by atoms with Gasteiger partial charge in [0, 0.05) is 6.04 Å². The fourth-order valence-corrected chi connectivity index (χ4v) is 4.02. The number of rotatable bonds is 9. The van der Waals surface area contributed by atoms with Crippen molar-refractivity contribution in [3.05, 3.63) is 59.9 Å². The highest BCUT2D eigenvalue weighted by molar-refractivity contribution is 8.00. The minimum Gasteiger partial charge on any atom is -0.497 e. The Balaban J connectivity index is 1.61. The summed E-state index contributed by atoms with van der Waals surface area (Å²) < 4.78 is 52.5. The molecule has 0 spiro atoms. The van der Waals surface area contributed by atoms with Gasteiger partial charge >= 0.3 is 6.18 Å². The second-order valence-corrected chi connectivity index (χ2v) is 9.10. The molecule has 34 heavy (non-hydrogen) atoms. The molecular formula is C23H23F3N4O3S. The standard InChI is InChI=1S/C23H23F3N4O3S/c1-14(21(31)27-16-6-7-16)34-22-29-28-20(13-33-19-10-8-18(32-2)9-11-19)30(22)17-5-3-4-15(12-17)23(24,25)26/h3-5,8-12,14,16H,6-7,13H2,1-2H3,(H,27,31).